The summed E-state index contributed by atoms with van der Waals surface area (Å²) in [5.74, 6) is -0.504. The molecule has 0 aliphatic carbocycles. The van der Waals surface area contributed by atoms with E-state index in [2.05, 4.69) is 17.1 Å². The summed E-state index contributed by atoms with van der Waals surface area (Å²) in [5.41, 5.74) is 0.903. The Hall–Kier alpha value is -1.88. The van der Waals surface area contributed by atoms with Crippen molar-refractivity contribution in [2.24, 2.45) is 0 Å². The minimum Gasteiger partial charge on any atom is -0.462 e. The number of hydrogen-bond donors (Lipinski definition) is 1. The van der Waals surface area contributed by atoms with Crippen molar-refractivity contribution < 1.29 is 14.3 Å². The first-order valence-electron chi connectivity index (χ1n) is 7.92. The fourth-order valence-corrected chi connectivity index (χ4v) is 2.75. The number of nitrogens with zero attached hydrogens (tertiary/aromatic N) is 1. The van der Waals surface area contributed by atoms with Crippen molar-refractivity contribution in [2.75, 3.05) is 25.0 Å². The number of benzene rings is 1. The Labute approximate surface area is 131 Å². The lowest BCUT2D eigenvalue weighted by molar-refractivity contribution is -0.118. The average Bonchev–Trinajstić information content (AvgIpc) is 2.50. The highest BCUT2D eigenvalue weighted by molar-refractivity contribution is 6.01. The van der Waals surface area contributed by atoms with Crippen LogP contribution in [0.15, 0.2) is 24.3 Å². The molecule has 0 saturated carbocycles. The lowest BCUT2D eigenvalue weighted by atomic mass is 10.0. The van der Waals surface area contributed by atoms with Gasteiger partial charge >= 0.3 is 5.97 Å². The van der Waals surface area contributed by atoms with Crippen molar-refractivity contribution in [3.05, 3.63) is 29.8 Å². The molecule has 1 heterocycles. The summed E-state index contributed by atoms with van der Waals surface area (Å²) in [6.45, 7) is 5.54. The van der Waals surface area contributed by atoms with E-state index in [1.165, 1.54) is 6.42 Å². The number of hydrogen-bond acceptors (Lipinski definition) is 4. The molecule has 0 spiro atoms. The maximum atomic E-state index is 12.3. The van der Waals surface area contributed by atoms with Crippen molar-refractivity contribution in [1.82, 2.24) is 4.90 Å². The number of anilines is 1. The van der Waals surface area contributed by atoms with Gasteiger partial charge in [0.25, 0.3) is 0 Å². The second kappa shape index (κ2) is 7.94. The van der Waals surface area contributed by atoms with Gasteiger partial charge in [0.15, 0.2) is 0 Å². The Balaban J connectivity index is 2.00. The Morgan fingerprint density at radius 3 is 2.82 bits per heavy atom. The van der Waals surface area contributed by atoms with Crippen molar-refractivity contribution in [3.63, 3.8) is 0 Å². The number of ether oxygens (including phenoxy) is 1. The zero-order valence-electron chi connectivity index (χ0n) is 13.3. The summed E-state index contributed by atoms with van der Waals surface area (Å²) in [5, 5.41) is 2.84. The normalized spacial score (nSPS) is 18.7. The predicted octanol–water partition coefficient (Wildman–Crippen LogP) is 2.68. The van der Waals surface area contributed by atoms with Gasteiger partial charge in [-0.2, -0.15) is 0 Å². The number of carbonyl (C=O) groups is 2. The van der Waals surface area contributed by atoms with Crippen molar-refractivity contribution >= 4 is 17.6 Å². The predicted molar refractivity (Wildman–Crippen MR) is 85.9 cm³/mol. The van der Waals surface area contributed by atoms with Gasteiger partial charge in [-0.25, -0.2) is 4.79 Å². The highest BCUT2D eigenvalue weighted by Gasteiger charge is 2.21. The second-order valence-corrected chi connectivity index (χ2v) is 5.63. The van der Waals surface area contributed by atoms with E-state index in [0.717, 1.165) is 19.4 Å². The van der Waals surface area contributed by atoms with Crippen LogP contribution in [-0.4, -0.2) is 42.5 Å². The maximum absolute atomic E-state index is 12.3. The van der Waals surface area contributed by atoms with Crippen molar-refractivity contribution in [1.29, 1.82) is 0 Å². The van der Waals surface area contributed by atoms with E-state index in [0.29, 0.717) is 30.4 Å². The summed E-state index contributed by atoms with van der Waals surface area (Å²) < 4.78 is 5.02. The van der Waals surface area contributed by atoms with Crippen LogP contribution in [0.3, 0.4) is 0 Å². The van der Waals surface area contributed by atoms with E-state index in [-0.39, 0.29) is 5.91 Å². The largest absolute Gasteiger partial charge is 0.462 e. The number of amides is 1. The minimum atomic E-state index is -0.412. The molecule has 1 amide bonds. The number of piperidine rings is 1. The number of rotatable bonds is 5. The molecular weight excluding hydrogens is 280 g/mol. The van der Waals surface area contributed by atoms with Gasteiger partial charge in [0, 0.05) is 6.04 Å². The molecule has 1 aliphatic rings. The van der Waals surface area contributed by atoms with Gasteiger partial charge in [-0.3, -0.25) is 9.69 Å². The summed E-state index contributed by atoms with van der Waals surface area (Å²) in [4.78, 5) is 26.3. The van der Waals surface area contributed by atoms with E-state index in [4.69, 9.17) is 4.74 Å². The van der Waals surface area contributed by atoms with Crippen LogP contribution in [0.4, 0.5) is 5.69 Å². The Kier molecular flexibility index (Phi) is 5.95. The Morgan fingerprint density at radius 2 is 2.09 bits per heavy atom. The van der Waals surface area contributed by atoms with Crippen LogP contribution in [0.2, 0.25) is 0 Å². The summed E-state index contributed by atoms with van der Waals surface area (Å²) in [7, 11) is 0. The molecule has 0 bridgehead atoms. The van der Waals surface area contributed by atoms with Gasteiger partial charge in [0.2, 0.25) is 5.91 Å². The van der Waals surface area contributed by atoms with E-state index in [9.17, 15) is 9.59 Å². The molecule has 0 aromatic heterocycles. The van der Waals surface area contributed by atoms with Crippen LogP contribution < -0.4 is 5.32 Å². The van der Waals surface area contributed by atoms with Gasteiger partial charge in [0.05, 0.1) is 24.4 Å². The van der Waals surface area contributed by atoms with Gasteiger partial charge in [-0.1, -0.05) is 18.6 Å². The molecule has 1 saturated heterocycles. The quantitative estimate of drug-likeness (QED) is 0.850. The highest BCUT2D eigenvalue weighted by Crippen LogP contribution is 2.18. The highest BCUT2D eigenvalue weighted by atomic mass is 16.5. The van der Waals surface area contributed by atoms with E-state index >= 15 is 0 Å². The van der Waals surface area contributed by atoms with E-state index < -0.39 is 5.97 Å². The molecule has 1 N–H and O–H groups in total. The van der Waals surface area contributed by atoms with Crippen LogP contribution in [-0.2, 0) is 9.53 Å². The molecule has 1 aromatic rings. The molecule has 1 fully saturated rings. The molecule has 1 aliphatic heterocycles. The van der Waals surface area contributed by atoms with Crippen molar-refractivity contribution in [3.8, 4) is 0 Å². The molecule has 0 unspecified atom stereocenters. The molecule has 22 heavy (non-hydrogen) atoms. The summed E-state index contributed by atoms with van der Waals surface area (Å²) in [6, 6.07) is 7.37. The molecule has 2 rings (SSSR count). The third-order valence-corrected chi connectivity index (χ3v) is 3.98. The number of carbonyl (C=O) groups excluding carboxylic acids is 2. The third kappa shape index (κ3) is 4.31. The number of esters is 1. The Morgan fingerprint density at radius 1 is 1.32 bits per heavy atom. The minimum absolute atomic E-state index is 0.0921. The first kappa shape index (κ1) is 16.5. The van der Waals surface area contributed by atoms with Gasteiger partial charge < -0.3 is 10.1 Å². The van der Waals surface area contributed by atoms with Crippen LogP contribution in [0.5, 0.6) is 0 Å². The Bertz CT molecular complexity index is 530. The SMILES string of the molecule is CCOC(=O)c1ccccc1NC(=O)CN1CCCC[C@H]1C. The lowest BCUT2D eigenvalue weighted by Gasteiger charge is -2.32. The molecule has 1 atom stereocenters. The van der Waals surface area contributed by atoms with Crippen LogP contribution in [0.25, 0.3) is 0 Å². The summed E-state index contributed by atoms with van der Waals surface area (Å²) >= 11 is 0. The topological polar surface area (TPSA) is 58.6 Å². The van der Waals surface area contributed by atoms with E-state index in [1.807, 2.05) is 0 Å². The third-order valence-electron chi connectivity index (χ3n) is 3.98. The molecule has 5 nitrogen and oxygen atoms in total. The zero-order chi connectivity index (χ0) is 15.9. The summed E-state index contributed by atoms with van der Waals surface area (Å²) in [6.07, 6.45) is 3.49. The van der Waals surface area contributed by atoms with Gasteiger partial charge in [-0.05, 0) is 45.4 Å². The van der Waals surface area contributed by atoms with Crippen LogP contribution in [0.1, 0.15) is 43.5 Å². The number of likely N-dealkylation sites (tertiary alicyclic amines) is 1. The van der Waals surface area contributed by atoms with Crippen LogP contribution >= 0.6 is 0 Å². The number of para-hydroxylation sites is 1. The zero-order valence-corrected chi connectivity index (χ0v) is 13.3. The monoisotopic (exact) mass is 304 g/mol. The van der Waals surface area contributed by atoms with Gasteiger partial charge in [-0.15, -0.1) is 0 Å². The first-order valence-corrected chi connectivity index (χ1v) is 7.92. The van der Waals surface area contributed by atoms with Gasteiger partial charge in [0.1, 0.15) is 0 Å². The lowest BCUT2D eigenvalue weighted by Crippen LogP contribution is -2.42. The second-order valence-electron chi connectivity index (χ2n) is 5.63. The fourth-order valence-electron chi connectivity index (χ4n) is 2.75. The van der Waals surface area contributed by atoms with E-state index in [1.54, 1.807) is 31.2 Å². The maximum Gasteiger partial charge on any atom is 0.340 e. The molecular formula is C17H24N2O3. The molecule has 120 valence electrons. The molecule has 0 radical (unpaired) electrons. The average molecular weight is 304 g/mol. The molecule has 5 heteroatoms. The molecule has 1 aromatic carbocycles. The van der Waals surface area contributed by atoms with Crippen molar-refractivity contribution in [2.45, 2.75) is 39.2 Å². The standard InChI is InChI=1S/C17H24N2O3/c1-3-22-17(21)14-9-4-5-10-15(14)18-16(20)12-19-11-7-6-8-13(19)2/h4-5,9-10,13H,3,6-8,11-12H2,1-2H3,(H,18,20)/t13-/m1/s1. The fraction of sp³-hybridized carbons (Fsp3) is 0.529. The van der Waals surface area contributed by atoms with Crippen LogP contribution in [0, 0.1) is 0 Å². The first-order chi connectivity index (χ1) is 10.6. The smallest absolute Gasteiger partial charge is 0.340 e. The number of nitrogens with one attached hydrogen (secondary N) is 1.